The lowest BCUT2D eigenvalue weighted by Crippen LogP contribution is -2.18. The van der Waals surface area contributed by atoms with E-state index in [1.807, 2.05) is 13.8 Å². The van der Waals surface area contributed by atoms with E-state index in [2.05, 4.69) is 0 Å². The molecule has 1 aromatic heterocycles. The van der Waals surface area contributed by atoms with Crippen LogP contribution in [-0.4, -0.2) is 50.4 Å². The maximum Gasteiger partial charge on any atom is 0.356 e. The van der Waals surface area contributed by atoms with Crippen LogP contribution in [0.25, 0.3) is 5.69 Å². The van der Waals surface area contributed by atoms with Crippen molar-refractivity contribution in [3.8, 4) is 5.69 Å². The summed E-state index contributed by atoms with van der Waals surface area (Å²) in [6.07, 6.45) is 0.480. The number of aromatic nitrogens is 1. The number of benzene rings is 1. The maximum atomic E-state index is 12.7. The van der Waals surface area contributed by atoms with E-state index in [9.17, 15) is 34.5 Å². The first-order chi connectivity index (χ1) is 13.6. The molecular weight excluding hydrogens is 406 g/mol. The minimum atomic E-state index is -1.80. The molecule has 2 aromatic rings. The van der Waals surface area contributed by atoms with E-state index in [0.29, 0.717) is 11.4 Å². The van der Waals surface area contributed by atoms with Crippen LogP contribution < -0.4 is 0 Å². The lowest BCUT2D eigenvalue weighted by molar-refractivity contribution is 0.0468. The number of nitrogens with zero attached hydrogens (tertiary/aromatic N) is 1. The van der Waals surface area contributed by atoms with Crippen LogP contribution in [0.4, 0.5) is 0 Å². The molecule has 0 unspecified atom stereocenters. The van der Waals surface area contributed by atoms with Gasteiger partial charge < -0.3 is 20.1 Å². The highest BCUT2D eigenvalue weighted by Crippen LogP contribution is 2.29. The first-order valence-corrected chi connectivity index (χ1v) is 8.85. The molecule has 29 heavy (non-hydrogen) atoms. The van der Waals surface area contributed by atoms with Gasteiger partial charge in [-0.1, -0.05) is 25.4 Å². The van der Waals surface area contributed by atoms with Crippen molar-refractivity contribution >= 4 is 35.5 Å². The molecule has 154 valence electrons. The second kappa shape index (κ2) is 8.78. The third-order valence-corrected chi connectivity index (χ3v) is 4.26. The second-order valence-electron chi connectivity index (χ2n) is 6.49. The quantitative estimate of drug-likeness (QED) is 0.548. The van der Waals surface area contributed by atoms with Crippen LogP contribution in [0.5, 0.6) is 0 Å². The molecule has 0 aliphatic rings. The number of carbonyl (C=O) groups excluding carboxylic acids is 1. The van der Waals surface area contributed by atoms with Gasteiger partial charge in [-0.2, -0.15) is 0 Å². The summed E-state index contributed by atoms with van der Waals surface area (Å²) in [5.74, 6) is -6.25. The molecule has 0 saturated heterocycles. The number of esters is 1. The van der Waals surface area contributed by atoms with Crippen LogP contribution >= 0.6 is 11.6 Å². The molecule has 2 rings (SSSR count). The van der Waals surface area contributed by atoms with E-state index in [1.54, 1.807) is 0 Å². The van der Waals surface area contributed by atoms with Crippen LogP contribution in [0.15, 0.2) is 24.3 Å². The highest BCUT2D eigenvalue weighted by Gasteiger charge is 2.38. The van der Waals surface area contributed by atoms with Gasteiger partial charge in [0, 0.05) is 10.7 Å². The summed E-state index contributed by atoms with van der Waals surface area (Å²) in [5.41, 5.74) is -3.51. The third kappa shape index (κ3) is 4.57. The van der Waals surface area contributed by atoms with Crippen molar-refractivity contribution in [3.63, 3.8) is 0 Å². The van der Waals surface area contributed by atoms with E-state index in [4.69, 9.17) is 16.3 Å². The number of carboxylic acids is 3. The van der Waals surface area contributed by atoms with Gasteiger partial charge in [0.2, 0.25) is 0 Å². The number of carbonyl (C=O) groups is 4. The number of aromatic carboxylic acids is 3. The molecule has 10 heteroatoms. The van der Waals surface area contributed by atoms with Gasteiger partial charge in [-0.25, -0.2) is 19.2 Å². The van der Waals surface area contributed by atoms with Gasteiger partial charge in [-0.15, -0.1) is 0 Å². The Morgan fingerprint density at radius 3 is 1.90 bits per heavy atom. The Hall–Kier alpha value is -3.33. The van der Waals surface area contributed by atoms with Gasteiger partial charge >= 0.3 is 23.9 Å². The van der Waals surface area contributed by atoms with E-state index in [-0.39, 0.29) is 18.2 Å². The summed E-state index contributed by atoms with van der Waals surface area (Å²) in [6.45, 7) is 3.72. The van der Waals surface area contributed by atoms with Crippen LogP contribution in [0.3, 0.4) is 0 Å². The van der Waals surface area contributed by atoms with E-state index in [1.165, 1.54) is 24.3 Å². The van der Waals surface area contributed by atoms with Crippen LogP contribution in [0, 0.1) is 5.92 Å². The molecule has 0 spiro atoms. The summed E-state index contributed by atoms with van der Waals surface area (Å²) in [5, 5.41) is 29.0. The Morgan fingerprint density at radius 2 is 1.45 bits per heavy atom. The van der Waals surface area contributed by atoms with Crippen LogP contribution in [0.2, 0.25) is 5.02 Å². The molecule has 0 bridgehead atoms. The van der Waals surface area contributed by atoms with Crippen molar-refractivity contribution in [3.05, 3.63) is 51.8 Å². The summed E-state index contributed by atoms with van der Waals surface area (Å²) < 4.78 is 5.86. The fourth-order valence-electron chi connectivity index (χ4n) is 2.69. The van der Waals surface area contributed by atoms with Crippen molar-refractivity contribution in [2.24, 2.45) is 5.92 Å². The molecule has 0 aliphatic carbocycles. The molecule has 0 atom stereocenters. The average Bonchev–Trinajstić information content (AvgIpc) is 2.98. The van der Waals surface area contributed by atoms with Gasteiger partial charge in [0.15, 0.2) is 0 Å². The lowest BCUT2D eigenvalue weighted by atomic mass is 10.1. The molecule has 9 nitrogen and oxygen atoms in total. The summed E-state index contributed by atoms with van der Waals surface area (Å²) >= 11 is 5.83. The summed E-state index contributed by atoms with van der Waals surface area (Å²) in [4.78, 5) is 48.1. The number of rotatable bonds is 8. The molecule has 0 radical (unpaired) electrons. The average molecular weight is 424 g/mol. The molecule has 1 aromatic carbocycles. The molecule has 0 amide bonds. The van der Waals surface area contributed by atoms with Crippen molar-refractivity contribution in [2.45, 2.75) is 20.3 Å². The van der Waals surface area contributed by atoms with E-state index < -0.39 is 46.4 Å². The van der Waals surface area contributed by atoms with Crippen molar-refractivity contribution in [1.29, 1.82) is 0 Å². The summed E-state index contributed by atoms with van der Waals surface area (Å²) in [6, 6.07) is 5.43. The first-order valence-electron chi connectivity index (χ1n) is 8.47. The Labute approximate surface area is 170 Å². The first kappa shape index (κ1) is 22.0. The largest absolute Gasteiger partial charge is 0.478 e. The molecular formula is C19H18ClNO8. The Balaban J connectivity index is 2.83. The molecule has 0 fully saturated rings. The Bertz CT molecular complexity index is 975. The zero-order valence-corrected chi connectivity index (χ0v) is 16.3. The van der Waals surface area contributed by atoms with Crippen LogP contribution in [0.1, 0.15) is 62.0 Å². The molecule has 0 aliphatic heterocycles. The highest BCUT2D eigenvalue weighted by molar-refractivity contribution is 6.30. The Kier molecular flexibility index (Phi) is 6.65. The standard InChI is InChI=1S/C19H18ClNO8/c1-9(2)7-8-29-19(28)15-13(17(24)25)12(16(22)23)14(18(26)27)21(15)11-5-3-10(20)4-6-11/h3-6,9H,7-8H2,1-2H3,(H,22,23)(H,24,25)(H,26,27). The van der Waals surface area contributed by atoms with Gasteiger partial charge in [0.05, 0.1) is 6.61 Å². The van der Waals surface area contributed by atoms with Crippen molar-refractivity contribution < 1.29 is 39.2 Å². The van der Waals surface area contributed by atoms with Gasteiger partial charge in [-0.05, 0) is 36.6 Å². The van der Waals surface area contributed by atoms with E-state index in [0.717, 1.165) is 4.57 Å². The maximum absolute atomic E-state index is 12.7. The van der Waals surface area contributed by atoms with Gasteiger partial charge in [0.25, 0.3) is 0 Å². The van der Waals surface area contributed by atoms with Crippen molar-refractivity contribution in [2.75, 3.05) is 6.61 Å². The number of ether oxygens (including phenoxy) is 1. The van der Waals surface area contributed by atoms with Crippen molar-refractivity contribution in [1.82, 2.24) is 4.57 Å². The number of hydrogen-bond acceptors (Lipinski definition) is 5. The fourth-order valence-corrected chi connectivity index (χ4v) is 2.81. The van der Waals surface area contributed by atoms with Gasteiger partial charge in [0.1, 0.15) is 22.5 Å². The molecule has 1 heterocycles. The normalized spacial score (nSPS) is 10.8. The number of carboxylic acid groups (broad SMARTS) is 3. The lowest BCUT2D eigenvalue weighted by Gasteiger charge is -2.13. The molecule has 3 N–H and O–H groups in total. The smallest absolute Gasteiger partial charge is 0.356 e. The van der Waals surface area contributed by atoms with E-state index >= 15 is 0 Å². The summed E-state index contributed by atoms with van der Waals surface area (Å²) in [7, 11) is 0. The van der Waals surface area contributed by atoms with Crippen LogP contribution in [-0.2, 0) is 4.74 Å². The second-order valence-corrected chi connectivity index (χ2v) is 6.93. The zero-order valence-electron chi connectivity index (χ0n) is 15.5. The zero-order chi connectivity index (χ0) is 21.9. The predicted octanol–water partition coefficient (Wildman–Crippen LogP) is 3.43. The monoisotopic (exact) mass is 423 g/mol. The minimum absolute atomic E-state index is 0.0395. The topological polar surface area (TPSA) is 143 Å². The number of halogens is 1. The predicted molar refractivity (Wildman–Crippen MR) is 101 cm³/mol. The third-order valence-electron chi connectivity index (χ3n) is 4.01. The number of hydrogen-bond donors (Lipinski definition) is 3. The molecule has 0 saturated carbocycles. The SMILES string of the molecule is CC(C)CCOC(=O)c1c(C(=O)O)c(C(=O)O)c(C(=O)O)n1-c1ccc(Cl)cc1. The Morgan fingerprint density at radius 1 is 0.931 bits per heavy atom. The highest BCUT2D eigenvalue weighted by atomic mass is 35.5. The minimum Gasteiger partial charge on any atom is -0.478 e. The fraction of sp³-hybridized carbons (Fsp3) is 0.263. The van der Waals surface area contributed by atoms with Gasteiger partial charge in [-0.3, -0.25) is 4.57 Å².